The second-order valence-electron chi connectivity index (χ2n) is 6.04. The SMILES string of the molecule is C=CC(=O)Oc1ccc(-c2cc(OC(=O)C=C)c(OC(=O)C=C)c(F)c2F)cc1OC(=O)C=C. The fraction of sp³-hybridized carbons (Fsp3) is 0. The Morgan fingerprint density at radius 3 is 1.62 bits per heavy atom. The molecular formula is C24H16F2O8. The molecule has 0 aliphatic rings. The van der Waals surface area contributed by atoms with Crippen LogP contribution in [0.25, 0.3) is 11.1 Å². The van der Waals surface area contributed by atoms with E-state index in [4.69, 9.17) is 14.2 Å². The Hall–Kier alpha value is -4.86. The van der Waals surface area contributed by atoms with Crippen LogP contribution in [0.3, 0.4) is 0 Å². The van der Waals surface area contributed by atoms with Gasteiger partial charge >= 0.3 is 23.9 Å². The smallest absolute Gasteiger partial charge is 0.335 e. The van der Waals surface area contributed by atoms with E-state index >= 15 is 0 Å². The number of benzene rings is 2. The second-order valence-corrected chi connectivity index (χ2v) is 6.04. The summed E-state index contributed by atoms with van der Waals surface area (Å²) in [7, 11) is 0. The van der Waals surface area contributed by atoms with Gasteiger partial charge in [-0.1, -0.05) is 32.4 Å². The Labute approximate surface area is 192 Å². The van der Waals surface area contributed by atoms with Crippen molar-refractivity contribution in [3.63, 3.8) is 0 Å². The number of esters is 4. The highest BCUT2D eigenvalue weighted by Gasteiger charge is 2.25. The average Bonchev–Trinajstić information content (AvgIpc) is 2.83. The molecule has 0 radical (unpaired) electrons. The topological polar surface area (TPSA) is 105 Å². The number of halogens is 2. The molecule has 2 aromatic carbocycles. The number of ether oxygens (including phenoxy) is 4. The van der Waals surface area contributed by atoms with Crippen LogP contribution in [0.2, 0.25) is 0 Å². The normalized spacial score (nSPS) is 9.82. The van der Waals surface area contributed by atoms with Crippen LogP contribution in [0.5, 0.6) is 23.0 Å². The predicted octanol–water partition coefficient (Wildman–Crippen LogP) is 4.00. The summed E-state index contributed by atoms with van der Waals surface area (Å²) in [6.07, 6.45) is 3.11. The van der Waals surface area contributed by atoms with E-state index < -0.39 is 52.6 Å². The van der Waals surface area contributed by atoms with Crippen LogP contribution in [0.15, 0.2) is 74.9 Å². The molecule has 8 nitrogen and oxygen atoms in total. The summed E-state index contributed by atoms with van der Waals surface area (Å²) in [5.74, 6) is -9.41. The van der Waals surface area contributed by atoms with Gasteiger partial charge in [-0.2, -0.15) is 4.39 Å². The van der Waals surface area contributed by atoms with E-state index in [1.165, 1.54) is 6.07 Å². The van der Waals surface area contributed by atoms with Crippen molar-refractivity contribution in [2.24, 2.45) is 0 Å². The van der Waals surface area contributed by atoms with Crippen LogP contribution in [0.4, 0.5) is 8.78 Å². The zero-order valence-electron chi connectivity index (χ0n) is 17.5. The molecule has 0 saturated carbocycles. The van der Waals surface area contributed by atoms with Gasteiger partial charge in [0.05, 0.1) is 0 Å². The lowest BCUT2D eigenvalue weighted by molar-refractivity contribution is -0.131. The van der Waals surface area contributed by atoms with Crippen molar-refractivity contribution in [1.82, 2.24) is 0 Å². The van der Waals surface area contributed by atoms with Crippen LogP contribution in [0.1, 0.15) is 0 Å². The summed E-state index contributed by atoms with van der Waals surface area (Å²) >= 11 is 0. The minimum Gasteiger partial charge on any atom is -0.419 e. The lowest BCUT2D eigenvalue weighted by Gasteiger charge is -2.15. The maximum atomic E-state index is 15.0. The quantitative estimate of drug-likeness (QED) is 0.308. The third-order valence-corrected chi connectivity index (χ3v) is 3.88. The molecule has 34 heavy (non-hydrogen) atoms. The first-order chi connectivity index (χ1) is 16.1. The molecule has 0 aromatic heterocycles. The highest BCUT2D eigenvalue weighted by atomic mass is 19.2. The Bertz CT molecular complexity index is 1230. The van der Waals surface area contributed by atoms with Crippen LogP contribution in [0, 0.1) is 11.6 Å². The van der Waals surface area contributed by atoms with Crippen molar-refractivity contribution >= 4 is 23.9 Å². The summed E-state index contributed by atoms with van der Waals surface area (Å²) in [6.45, 7) is 12.8. The van der Waals surface area contributed by atoms with Crippen molar-refractivity contribution < 1.29 is 46.9 Å². The van der Waals surface area contributed by atoms with Gasteiger partial charge in [0, 0.05) is 29.9 Å². The van der Waals surface area contributed by atoms with E-state index in [1.807, 2.05) is 0 Å². The van der Waals surface area contributed by atoms with Crippen molar-refractivity contribution in [2.45, 2.75) is 0 Å². The van der Waals surface area contributed by atoms with Gasteiger partial charge in [0.1, 0.15) is 0 Å². The Morgan fingerprint density at radius 2 is 1.09 bits per heavy atom. The highest BCUT2D eigenvalue weighted by molar-refractivity contribution is 5.88. The summed E-state index contributed by atoms with van der Waals surface area (Å²) in [5, 5.41) is 0. The first kappa shape index (κ1) is 25.4. The minimum absolute atomic E-state index is 0.0980. The van der Waals surface area contributed by atoms with Gasteiger partial charge in [-0.05, 0) is 23.8 Å². The molecule has 2 rings (SSSR count). The van der Waals surface area contributed by atoms with Crippen molar-refractivity contribution in [3.8, 4) is 34.1 Å². The average molecular weight is 470 g/mol. The molecule has 0 bridgehead atoms. The Balaban J connectivity index is 2.71. The number of hydrogen-bond acceptors (Lipinski definition) is 8. The molecule has 0 N–H and O–H groups in total. The van der Waals surface area contributed by atoms with E-state index in [2.05, 4.69) is 31.1 Å². The van der Waals surface area contributed by atoms with Gasteiger partial charge in [-0.3, -0.25) is 0 Å². The summed E-state index contributed by atoms with van der Waals surface area (Å²) in [6, 6.07) is 4.26. The van der Waals surface area contributed by atoms with Crippen LogP contribution in [-0.4, -0.2) is 23.9 Å². The molecule has 2 aromatic rings. The lowest BCUT2D eigenvalue weighted by Crippen LogP contribution is -2.11. The molecule has 0 amide bonds. The lowest BCUT2D eigenvalue weighted by atomic mass is 10.0. The predicted molar refractivity (Wildman–Crippen MR) is 115 cm³/mol. The molecule has 0 atom stereocenters. The van der Waals surface area contributed by atoms with Gasteiger partial charge in [-0.15, -0.1) is 0 Å². The van der Waals surface area contributed by atoms with Crippen LogP contribution < -0.4 is 18.9 Å². The third-order valence-electron chi connectivity index (χ3n) is 3.88. The van der Waals surface area contributed by atoms with Gasteiger partial charge in [0.15, 0.2) is 23.1 Å². The standard InChI is InChI=1S/C24H16F2O8/c1-5-18(27)31-15-10-9-13(11-16(15)32-19(28)6-2)14-12-17(33-20(29)7-3)24(23(26)22(14)25)34-21(30)8-4/h5-12H,1-4H2. The number of rotatable bonds is 9. The Morgan fingerprint density at radius 1 is 0.618 bits per heavy atom. The van der Waals surface area contributed by atoms with Gasteiger partial charge in [-0.25, -0.2) is 23.6 Å². The highest BCUT2D eigenvalue weighted by Crippen LogP contribution is 2.41. The zero-order chi connectivity index (χ0) is 25.4. The number of hydrogen-bond donors (Lipinski definition) is 0. The van der Waals surface area contributed by atoms with E-state index in [0.717, 1.165) is 36.4 Å². The number of carbonyl (C=O) groups is 4. The Kier molecular flexibility index (Phi) is 8.32. The summed E-state index contributed by atoms with van der Waals surface area (Å²) in [5.41, 5.74) is -0.584. The fourth-order valence-corrected chi connectivity index (χ4v) is 2.40. The molecule has 0 unspecified atom stereocenters. The largest absolute Gasteiger partial charge is 0.419 e. The zero-order valence-corrected chi connectivity index (χ0v) is 17.5. The van der Waals surface area contributed by atoms with E-state index in [1.54, 1.807) is 0 Å². The first-order valence-electron chi connectivity index (χ1n) is 9.18. The molecule has 10 heteroatoms. The van der Waals surface area contributed by atoms with Crippen LogP contribution in [-0.2, 0) is 19.2 Å². The summed E-state index contributed by atoms with van der Waals surface area (Å²) in [4.78, 5) is 46.5. The maximum Gasteiger partial charge on any atom is 0.335 e. The second kappa shape index (κ2) is 11.1. The van der Waals surface area contributed by atoms with Crippen molar-refractivity contribution in [1.29, 1.82) is 0 Å². The van der Waals surface area contributed by atoms with E-state index in [0.29, 0.717) is 6.08 Å². The monoisotopic (exact) mass is 470 g/mol. The molecular weight excluding hydrogens is 454 g/mol. The molecule has 0 aliphatic carbocycles. The summed E-state index contributed by atoms with van der Waals surface area (Å²) < 4.78 is 49.3. The van der Waals surface area contributed by atoms with E-state index in [-0.39, 0.29) is 17.1 Å². The third kappa shape index (κ3) is 5.88. The molecule has 174 valence electrons. The molecule has 0 fully saturated rings. The van der Waals surface area contributed by atoms with Crippen molar-refractivity contribution in [3.05, 3.63) is 86.5 Å². The van der Waals surface area contributed by atoms with Gasteiger partial charge < -0.3 is 18.9 Å². The van der Waals surface area contributed by atoms with E-state index in [9.17, 15) is 28.0 Å². The molecule has 0 spiro atoms. The minimum atomic E-state index is -1.66. The first-order valence-corrected chi connectivity index (χ1v) is 9.18. The fourth-order valence-electron chi connectivity index (χ4n) is 2.40. The van der Waals surface area contributed by atoms with Gasteiger partial charge in [0.2, 0.25) is 11.6 Å². The number of carbonyl (C=O) groups excluding carboxylic acids is 4. The van der Waals surface area contributed by atoms with Crippen LogP contribution >= 0.6 is 0 Å². The molecule has 0 saturated heterocycles. The maximum absolute atomic E-state index is 15.0. The van der Waals surface area contributed by atoms with Crippen molar-refractivity contribution in [2.75, 3.05) is 0 Å². The van der Waals surface area contributed by atoms with Gasteiger partial charge in [0.25, 0.3) is 0 Å². The molecule has 0 aliphatic heterocycles. The molecule has 0 heterocycles.